The SMILES string of the molecule is Cc1cc(NC(=O)C(Cc2cccnc2)c2ccccc2)ccn1. The van der Waals surface area contributed by atoms with E-state index in [1.807, 2.05) is 55.5 Å². The van der Waals surface area contributed by atoms with Gasteiger partial charge in [0.2, 0.25) is 5.91 Å². The number of rotatable bonds is 5. The monoisotopic (exact) mass is 317 g/mol. The third-order valence-electron chi connectivity index (χ3n) is 3.85. The summed E-state index contributed by atoms with van der Waals surface area (Å²) in [6, 6.07) is 17.4. The molecule has 1 unspecified atom stereocenters. The minimum absolute atomic E-state index is 0.0318. The molecule has 1 amide bonds. The zero-order valence-electron chi connectivity index (χ0n) is 13.5. The van der Waals surface area contributed by atoms with Crippen LogP contribution in [0.25, 0.3) is 0 Å². The topological polar surface area (TPSA) is 54.9 Å². The van der Waals surface area contributed by atoms with Crippen LogP contribution in [-0.2, 0) is 11.2 Å². The number of hydrogen-bond donors (Lipinski definition) is 1. The molecule has 0 saturated heterocycles. The Bertz CT molecular complexity index is 803. The number of anilines is 1. The average Bonchev–Trinajstić information content (AvgIpc) is 2.61. The normalized spacial score (nSPS) is 11.7. The van der Waals surface area contributed by atoms with Gasteiger partial charge in [-0.25, -0.2) is 0 Å². The van der Waals surface area contributed by atoms with Crippen LogP contribution in [0.15, 0.2) is 73.2 Å². The molecular formula is C20H19N3O. The van der Waals surface area contributed by atoms with Gasteiger partial charge in [0.05, 0.1) is 5.92 Å². The minimum atomic E-state index is -0.274. The van der Waals surface area contributed by atoms with Crippen molar-refractivity contribution in [1.29, 1.82) is 0 Å². The zero-order valence-corrected chi connectivity index (χ0v) is 13.5. The predicted octanol–water partition coefficient (Wildman–Crippen LogP) is 3.75. The van der Waals surface area contributed by atoms with Crippen molar-refractivity contribution in [3.8, 4) is 0 Å². The number of carbonyl (C=O) groups excluding carboxylic acids is 1. The van der Waals surface area contributed by atoms with E-state index in [4.69, 9.17) is 0 Å². The lowest BCUT2D eigenvalue weighted by molar-refractivity contribution is -0.117. The molecule has 24 heavy (non-hydrogen) atoms. The molecule has 3 rings (SSSR count). The second kappa shape index (κ2) is 7.51. The number of aryl methyl sites for hydroxylation is 1. The quantitative estimate of drug-likeness (QED) is 0.779. The van der Waals surface area contributed by atoms with Gasteiger partial charge in [-0.15, -0.1) is 0 Å². The van der Waals surface area contributed by atoms with Crippen molar-refractivity contribution in [2.24, 2.45) is 0 Å². The summed E-state index contributed by atoms with van der Waals surface area (Å²) in [5.74, 6) is -0.306. The van der Waals surface area contributed by atoms with E-state index in [9.17, 15) is 4.79 Å². The van der Waals surface area contributed by atoms with Crippen LogP contribution in [0.3, 0.4) is 0 Å². The molecule has 4 nitrogen and oxygen atoms in total. The zero-order chi connectivity index (χ0) is 16.8. The molecular weight excluding hydrogens is 298 g/mol. The molecule has 0 fully saturated rings. The molecule has 0 aliphatic carbocycles. The molecule has 2 aromatic heterocycles. The molecule has 0 saturated carbocycles. The minimum Gasteiger partial charge on any atom is -0.325 e. The van der Waals surface area contributed by atoms with E-state index in [0.29, 0.717) is 6.42 Å². The van der Waals surface area contributed by atoms with Gasteiger partial charge in [0.1, 0.15) is 0 Å². The van der Waals surface area contributed by atoms with Crippen molar-refractivity contribution in [2.45, 2.75) is 19.3 Å². The van der Waals surface area contributed by atoms with Gasteiger partial charge < -0.3 is 5.32 Å². The van der Waals surface area contributed by atoms with E-state index in [1.54, 1.807) is 24.7 Å². The van der Waals surface area contributed by atoms with Gasteiger partial charge in [0.15, 0.2) is 0 Å². The van der Waals surface area contributed by atoms with Gasteiger partial charge in [0, 0.05) is 30.0 Å². The molecule has 1 atom stereocenters. The number of hydrogen-bond acceptors (Lipinski definition) is 3. The summed E-state index contributed by atoms with van der Waals surface area (Å²) in [7, 11) is 0. The highest BCUT2D eigenvalue weighted by molar-refractivity contribution is 5.96. The number of pyridine rings is 2. The lowest BCUT2D eigenvalue weighted by Gasteiger charge is -2.17. The maximum Gasteiger partial charge on any atom is 0.232 e. The molecule has 3 aromatic rings. The van der Waals surface area contributed by atoms with Crippen LogP contribution in [-0.4, -0.2) is 15.9 Å². The maximum atomic E-state index is 12.9. The summed E-state index contributed by atoms with van der Waals surface area (Å²) in [6.45, 7) is 1.90. The van der Waals surface area contributed by atoms with E-state index in [0.717, 1.165) is 22.5 Å². The predicted molar refractivity (Wildman–Crippen MR) is 94.7 cm³/mol. The van der Waals surface area contributed by atoms with Crippen LogP contribution in [0, 0.1) is 6.92 Å². The number of amides is 1. The molecule has 0 spiro atoms. The standard InChI is InChI=1S/C20H19N3O/c1-15-12-18(9-11-22-15)23-20(24)19(17-7-3-2-4-8-17)13-16-6-5-10-21-14-16/h2-12,14,19H,13H2,1H3,(H,22,23,24). The summed E-state index contributed by atoms with van der Waals surface area (Å²) in [4.78, 5) is 21.2. The van der Waals surface area contributed by atoms with Crippen LogP contribution in [0.4, 0.5) is 5.69 Å². The third-order valence-corrected chi connectivity index (χ3v) is 3.85. The van der Waals surface area contributed by atoms with Gasteiger partial charge in [-0.05, 0) is 42.7 Å². The fraction of sp³-hybridized carbons (Fsp3) is 0.150. The smallest absolute Gasteiger partial charge is 0.232 e. The van der Waals surface area contributed by atoms with Crippen LogP contribution in [0.1, 0.15) is 22.7 Å². The van der Waals surface area contributed by atoms with Crippen molar-refractivity contribution in [3.05, 3.63) is 90.0 Å². The Morgan fingerprint density at radius 1 is 1.08 bits per heavy atom. The van der Waals surface area contributed by atoms with Crippen molar-refractivity contribution < 1.29 is 4.79 Å². The van der Waals surface area contributed by atoms with Crippen molar-refractivity contribution in [3.63, 3.8) is 0 Å². The first-order chi connectivity index (χ1) is 11.7. The largest absolute Gasteiger partial charge is 0.325 e. The fourth-order valence-electron chi connectivity index (χ4n) is 2.65. The first-order valence-electron chi connectivity index (χ1n) is 7.90. The average molecular weight is 317 g/mol. The molecule has 1 aromatic carbocycles. The van der Waals surface area contributed by atoms with Crippen LogP contribution < -0.4 is 5.32 Å². The van der Waals surface area contributed by atoms with Crippen molar-refractivity contribution >= 4 is 11.6 Å². The summed E-state index contributed by atoms with van der Waals surface area (Å²) in [6.07, 6.45) is 5.85. The summed E-state index contributed by atoms with van der Waals surface area (Å²) in [5.41, 5.74) is 3.66. The van der Waals surface area contributed by atoms with Crippen molar-refractivity contribution in [1.82, 2.24) is 9.97 Å². The second-order valence-electron chi connectivity index (χ2n) is 5.70. The highest BCUT2D eigenvalue weighted by Crippen LogP contribution is 2.23. The van der Waals surface area contributed by atoms with Crippen LogP contribution >= 0.6 is 0 Å². The lowest BCUT2D eigenvalue weighted by Crippen LogP contribution is -2.23. The molecule has 120 valence electrons. The number of nitrogens with one attached hydrogen (secondary N) is 1. The molecule has 2 heterocycles. The number of aromatic nitrogens is 2. The lowest BCUT2D eigenvalue weighted by atomic mass is 9.91. The highest BCUT2D eigenvalue weighted by Gasteiger charge is 2.21. The Morgan fingerprint density at radius 2 is 1.92 bits per heavy atom. The third kappa shape index (κ3) is 4.04. The fourth-order valence-corrected chi connectivity index (χ4v) is 2.65. The molecule has 0 radical (unpaired) electrons. The van der Waals surface area contributed by atoms with Gasteiger partial charge in [0.25, 0.3) is 0 Å². The van der Waals surface area contributed by atoms with Gasteiger partial charge in [-0.1, -0.05) is 36.4 Å². The first kappa shape index (κ1) is 15.9. The van der Waals surface area contributed by atoms with E-state index in [2.05, 4.69) is 15.3 Å². The Balaban J connectivity index is 1.85. The van der Waals surface area contributed by atoms with Gasteiger partial charge >= 0.3 is 0 Å². The second-order valence-corrected chi connectivity index (χ2v) is 5.70. The first-order valence-corrected chi connectivity index (χ1v) is 7.90. The van der Waals surface area contributed by atoms with E-state index < -0.39 is 0 Å². The Labute approximate surface area is 141 Å². The van der Waals surface area contributed by atoms with Gasteiger partial charge in [-0.2, -0.15) is 0 Å². The number of carbonyl (C=O) groups is 1. The summed E-state index contributed by atoms with van der Waals surface area (Å²) in [5, 5.41) is 3.00. The Hall–Kier alpha value is -3.01. The van der Waals surface area contributed by atoms with Crippen LogP contribution in [0.2, 0.25) is 0 Å². The van der Waals surface area contributed by atoms with E-state index >= 15 is 0 Å². The number of nitrogens with zero attached hydrogens (tertiary/aromatic N) is 2. The van der Waals surface area contributed by atoms with E-state index in [-0.39, 0.29) is 11.8 Å². The Kier molecular flexibility index (Phi) is 4.96. The molecule has 4 heteroatoms. The van der Waals surface area contributed by atoms with Crippen LogP contribution in [0.5, 0.6) is 0 Å². The maximum absolute atomic E-state index is 12.9. The number of benzene rings is 1. The highest BCUT2D eigenvalue weighted by atomic mass is 16.1. The molecule has 0 bridgehead atoms. The molecule has 0 aliphatic heterocycles. The van der Waals surface area contributed by atoms with Crippen molar-refractivity contribution in [2.75, 3.05) is 5.32 Å². The Morgan fingerprint density at radius 3 is 2.62 bits per heavy atom. The van der Waals surface area contributed by atoms with E-state index in [1.165, 1.54) is 0 Å². The molecule has 0 aliphatic rings. The van der Waals surface area contributed by atoms with Gasteiger partial charge in [-0.3, -0.25) is 14.8 Å². The molecule has 1 N–H and O–H groups in total. The summed E-state index contributed by atoms with van der Waals surface area (Å²) >= 11 is 0. The summed E-state index contributed by atoms with van der Waals surface area (Å²) < 4.78 is 0.